The molecule has 6 rings (SSSR count). The molecule has 2 saturated heterocycles. The highest BCUT2D eigenvalue weighted by atomic mass is 32.1. The first kappa shape index (κ1) is 28.2. The maximum absolute atomic E-state index is 12.5. The van der Waals surface area contributed by atoms with Gasteiger partial charge in [-0.15, -0.1) is 0 Å². The molecule has 5 heterocycles. The number of pyridine rings is 1. The highest BCUT2D eigenvalue weighted by molar-refractivity contribution is 7.16. The van der Waals surface area contributed by atoms with E-state index in [1.54, 1.807) is 4.90 Å². The highest BCUT2D eigenvalue weighted by Crippen LogP contribution is 2.39. The SMILES string of the molecule is CCc1nn2c(C)cc(N3CCN(CC(=O)N4CC(O)C4)CC3)cc2c1N(C)c1nc(-c2ccc(C)cc2)c(C#N)s1. The number of carbonyl (C=O) groups is 1. The summed E-state index contributed by atoms with van der Waals surface area (Å²) in [5, 5.41) is 25.1. The van der Waals surface area contributed by atoms with Crippen molar-refractivity contribution in [1.29, 1.82) is 5.26 Å². The summed E-state index contributed by atoms with van der Waals surface area (Å²) < 4.78 is 2.00. The standard InChI is InChI=1S/C31H36N8O2S/c1-5-25-30(35(4)31-33-29(27(16-32)42-31)22-8-6-20(2)7-9-22)26-15-23(14-21(3)39(26)34-25)37-12-10-36(11-13-37)19-28(41)38-17-24(40)18-38/h6-9,14-15,24,40H,5,10-13,17-19H2,1-4H3. The number of hydrogen-bond acceptors (Lipinski definition) is 9. The molecule has 11 heteroatoms. The molecule has 218 valence electrons. The van der Waals surface area contributed by atoms with Crippen LogP contribution in [0.2, 0.25) is 0 Å². The second-order valence-corrected chi connectivity index (χ2v) is 12.2. The number of likely N-dealkylation sites (tertiary alicyclic amines) is 1. The Balaban J connectivity index is 1.27. The van der Waals surface area contributed by atoms with Gasteiger partial charge in [0.2, 0.25) is 5.91 Å². The first-order valence-electron chi connectivity index (χ1n) is 14.4. The normalized spacial score (nSPS) is 16.1. The van der Waals surface area contributed by atoms with Gasteiger partial charge in [0.15, 0.2) is 5.13 Å². The van der Waals surface area contributed by atoms with Crippen LogP contribution < -0.4 is 9.80 Å². The lowest BCUT2D eigenvalue weighted by atomic mass is 10.1. The van der Waals surface area contributed by atoms with E-state index in [1.807, 2.05) is 42.8 Å². The number of aryl methyl sites for hydroxylation is 3. The molecule has 0 spiro atoms. The quantitative estimate of drug-likeness (QED) is 0.352. The summed E-state index contributed by atoms with van der Waals surface area (Å²) in [4.78, 5) is 26.4. The van der Waals surface area contributed by atoms with Crippen molar-refractivity contribution in [3.8, 4) is 17.3 Å². The summed E-state index contributed by atoms with van der Waals surface area (Å²) >= 11 is 1.40. The van der Waals surface area contributed by atoms with E-state index in [9.17, 15) is 15.2 Å². The van der Waals surface area contributed by atoms with Gasteiger partial charge in [-0.05, 0) is 32.4 Å². The second kappa shape index (κ2) is 11.4. The van der Waals surface area contributed by atoms with Crippen LogP contribution in [-0.2, 0) is 11.2 Å². The number of nitrogens with zero attached hydrogens (tertiary/aromatic N) is 8. The summed E-state index contributed by atoms with van der Waals surface area (Å²) in [6.45, 7) is 10.8. The molecule has 2 fully saturated rings. The lowest BCUT2D eigenvalue weighted by Gasteiger charge is -2.39. The van der Waals surface area contributed by atoms with Crippen LogP contribution in [0.15, 0.2) is 36.4 Å². The minimum atomic E-state index is -0.371. The van der Waals surface area contributed by atoms with Crippen LogP contribution in [0.4, 0.5) is 16.5 Å². The Morgan fingerprint density at radius 2 is 1.86 bits per heavy atom. The van der Waals surface area contributed by atoms with Crippen molar-refractivity contribution in [1.82, 2.24) is 24.4 Å². The number of β-amino-alcohol motifs (C(OH)–C–C–N with tert-alkyl or cyclic N) is 1. The van der Waals surface area contributed by atoms with Crippen molar-refractivity contribution in [2.24, 2.45) is 0 Å². The molecule has 1 aromatic carbocycles. The summed E-state index contributed by atoms with van der Waals surface area (Å²) in [5.74, 6) is 0.0947. The number of aliphatic hydroxyl groups is 1. The van der Waals surface area contributed by atoms with E-state index in [1.165, 1.54) is 11.3 Å². The monoisotopic (exact) mass is 584 g/mol. The molecule has 0 unspecified atom stereocenters. The number of hydrogen-bond donors (Lipinski definition) is 1. The van der Waals surface area contributed by atoms with Crippen molar-refractivity contribution >= 4 is 39.3 Å². The molecule has 0 atom stereocenters. The number of thiazole rings is 1. The van der Waals surface area contributed by atoms with E-state index in [0.717, 1.165) is 77.1 Å². The largest absolute Gasteiger partial charge is 0.389 e. The molecule has 1 N–H and O–H groups in total. The van der Waals surface area contributed by atoms with E-state index < -0.39 is 0 Å². The number of amides is 1. The Morgan fingerprint density at radius 1 is 1.14 bits per heavy atom. The van der Waals surface area contributed by atoms with Gasteiger partial charge in [0.25, 0.3) is 0 Å². The third kappa shape index (κ3) is 5.22. The fourth-order valence-corrected chi connectivity index (χ4v) is 6.61. The molecule has 2 aliphatic heterocycles. The maximum Gasteiger partial charge on any atom is 0.236 e. The Morgan fingerprint density at radius 3 is 2.50 bits per heavy atom. The number of carbonyl (C=O) groups excluding carboxylic acids is 1. The lowest BCUT2D eigenvalue weighted by Crippen LogP contribution is -2.57. The molecule has 4 aromatic rings. The van der Waals surface area contributed by atoms with E-state index in [-0.39, 0.29) is 12.0 Å². The van der Waals surface area contributed by atoms with E-state index >= 15 is 0 Å². The molecule has 0 bridgehead atoms. The third-order valence-corrected chi connectivity index (χ3v) is 9.29. The molecule has 2 aliphatic rings. The van der Waals surface area contributed by atoms with Gasteiger partial charge in [-0.1, -0.05) is 48.1 Å². The maximum atomic E-state index is 12.5. The predicted octanol–water partition coefficient (Wildman–Crippen LogP) is 3.60. The second-order valence-electron chi connectivity index (χ2n) is 11.2. The van der Waals surface area contributed by atoms with Crippen LogP contribution in [0, 0.1) is 25.2 Å². The van der Waals surface area contributed by atoms with Crippen molar-refractivity contribution in [2.75, 3.05) is 62.7 Å². The zero-order valence-electron chi connectivity index (χ0n) is 24.5. The number of aromatic nitrogens is 3. The van der Waals surface area contributed by atoms with E-state index in [2.05, 4.69) is 46.7 Å². The number of piperazine rings is 1. The summed E-state index contributed by atoms with van der Waals surface area (Å²) in [6, 6.07) is 14.8. The number of anilines is 3. The van der Waals surface area contributed by atoms with Crippen molar-refractivity contribution in [3.05, 3.63) is 58.2 Å². The smallest absolute Gasteiger partial charge is 0.236 e. The molecule has 10 nitrogen and oxygen atoms in total. The Labute approximate surface area is 250 Å². The van der Waals surface area contributed by atoms with Gasteiger partial charge in [0, 0.05) is 63.3 Å². The average Bonchev–Trinajstić information content (AvgIpc) is 3.58. The summed E-state index contributed by atoms with van der Waals surface area (Å²) in [5.41, 5.74) is 7.96. The van der Waals surface area contributed by atoms with Gasteiger partial charge < -0.3 is 19.8 Å². The molecular formula is C31H36N8O2S. The molecule has 1 amide bonds. The third-order valence-electron chi connectivity index (χ3n) is 8.25. The van der Waals surface area contributed by atoms with E-state index in [4.69, 9.17) is 10.1 Å². The van der Waals surface area contributed by atoms with Gasteiger partial charge in [-0.3, -0.25) is 9.69 Å². The Kier molecular flexibility index (Phi) is 7.62. The zero-order chi connectivity index (χ0) is 29.5. The fourth-order valence-electron chi connectivity index (χ4n) is 5.76. The minimum Gasteiger partial charge on any atom is -0.389 e. The Bertz CT molecular complexity index is 1660. The average molecular weight is 585 g/mol. The van der Waals surface area contributed by atoms with Crippen molar-refractivity contribution in [3.63, 3.8) is 0 Å². The van der Waals surface area contributed by atoms with Crippen LogP contribution in [0.1, 0.15) is 28.8 Å². The number of fused-ring (bicyclic) bond motifs is 1. The van der Waals surface area contributed by atoms with Crippen molar-refractivity contribution < 1.29 is 9.90 Å². The van der Waals surface area contributed by atoms with Crippen LogP contribution in [0.5, 0.6) is 0 Å². The first-order valence-corrected chi connectivity index (χ1v) is 15.2. The first-order chi connectivity index (χ1) is 20.2. The van der Waals surface area contributed by atoms with Crippen LogP contribution >= 0.6 is 11.3 Å². The lowest BCUT2D eigenvalue weighted by molar-refractivity contribution is -0.142. The Hall–Kier alpha value is -3.98. The topological polar surface area (TPSA) is 104 Å². The molecule has 0 aliphatic carbocycles. The van der Waals surface area contributed by atoms with Gasteiger partial charge in [0.05, 0.1) is 29.5 Å². The van der Waals surface area contributed by atoms with Crippen LogP contribution in [0.25, 0.3) is 16.8 Å². The highest BCUT2D eigenvalue weighted by Gasteiger charge is 2.30. The summed E-state index contributed by atoms with van der Waals surface area (Å²) in [7, 11) is 2.00. The van der Waals surface area contributed by atoms with Gasteiger partial charge in [0.1, 0.15) is 16.6 Å². The number of nitriles is 1. The number of rotatable bonds is 7. The van der Waals surface area contributed by atoms with Gasteiger partial charge in [-0.25, -0.2) is 9.50 Å². The van der Waals surface area contributed by atoms with Crippen LogP contribution in [-0.4, -0.2) is 94.4 Å². The van der Waals surface area contributed by atoms with Gasteiger partial charge in [-0.2, -0.15) is 10.4 Å². The van der Waals surface area contributed by atoms with Crippen molar-refractivity contribution in [2.45, 2.75) is 33.3 Å². The molecular weight excluding hydrogens is 548 g/mol. The number of aliphatic hydroxyl groups excluding tert-OH is 1. The van der Waals surface area contributed by atoms with Crippen LogP contribution in [0.3, 0.4) is 0 Å². The molecule has 0 saturated carbocycles. The minimum absolute atomic E-state index is 0.0947. The van der Waals surface area contributed by atoms with E-state index in [0.29, 0.717) is 30.2 Å². The fraction of sp³-hybridized carbons (Fsp3) is 0.419. The predicted molar refractivity (Wildman–Crippen MR) is 166 cm³/mol. The zero-order valence-corrected chi connectivity index (χ0v) is 25.4. The summed E-state index contributed by atoms with van der Waals surface area (Å²) in [6.07, 6.45) is 0.391. The molecule has 3 aromatic heterocycles. The molecule has 42 heavy (non-hydrogen) atoms. The molecule has 0 radical (unpaired) electrons. The van der Waals surface area contributed by atoms with Gasteiger partial charge >= 0.3 is 0 Å². The number of benzene rings is 1.